The number of aliphatic carboxylic acids is 1. The van der Waals surface area contributed by atoms with Gasteiger partial charge in [0.15, 0.2) is 22.8 Å². The van der Waals surface area contributed by atoms with Gasteiger partial charge in [0.05, 0.1) is 24.3 Å². The third kappa shape index (κ3) is 3.65. The lowest BCUT2D eigenvalue weighted by atomic mass is 9.75. The molecule has 2 N–H and O–H groups in total. The molecule has 35 heavy (non-hydrogen) atoms. The first-order valence-corrected chi connectivity index (χ1v) is 11.8. The highest BCUT2D eigenvalue weighted by molar-refractivity contribution is 5.93. The molecule has 1 fully saturated rings. The topological polar surface area (TPSA) is 102 Å². The third-order valence-electron chi connectivity index (χ3n) is 7.34. The number of benzene rings is 1. The molecule has 1 saturated carbocycles. The van der Waals surface area contributed by atoms with Crippen LogP contribution in [-0.4, -0.2) is 50.6 Å². The van der Waals surface area contributed by atoms with Gasteiger partial charge in [-0.2, -0.15) is 5.10 Å². The summed E-state index contributed by atoms with van der Waals surface area (Å²) in [5, 5.41) is 17.8. The number of nitrogens with one attached hydrogen (secondary N) is 1. The number of fused-ring (bicyclic) bond motifs is 2. The van der Waals surface area contributed by atoms with Crippen LogP contribution in [0.4, 0.5) is 4.39 Å². The largest absolute Gasteiger partial charge is 0.494 e. The Morgan fingerprint density at radius 2 is 2.00 bits per heavy atom. The summed E-state index contributed by atoms with van der Waals surface area (Å²) in [4.78, 5) is 16.9. The number of aromatic nitrogens is 4. The van der Waals surface area contributed by atoms with Gasteiger partial charge < -0.3 is 19.1 Å². The van der Waals surface area contributed by atoms with Crippen molar-refractivity contribution >= 4 is 28.0 Å². The maximum Gasteiger partial charge on any atom is 0.335 e. The van der Waals surface area contributed by atoms with Crippen molar-refractivity contribution in [3.63, 3.8) is 0 Å². The maximum atomic E-state index is 14.3. The molecule has 0 saturated heterocycles. The molecule has 184 valence electrons. The van der Waals surface area contributed by atoms with Gasteiger partial charge in [0.2, 0.25) is 0 Å². The number of carboxylic acids is 1. The van der Waals surface area contributed by atoms with E-state index in [1.807, 2.05) is 6.07 Å². The van der Waals surface area contributed by atoms with E-state index in [-0.39, 0.29) is 17.6 Å². The van der Waals surface area contributed by atoms with E-state index in [1.165, 1.54) is 20.3 Å². The average Bonchev–Trinajstić information content (AvgIpc) is 3.44. The number of hydrogen-bond donors (Lipinski definition) is 2. The van der Waals surface area contributed by atoms with Crippen molar-refractivity contribution in [3.05, 3.63) is 47.5 Å². The van der Waals surface area contributed by atoms with Gasteiger partial charge in [-0.05, 0) is 55.7 Å². The molecule has 8 nitrogen and oxygen atoms in total. The second-order valence-corrected chi connectivity index (χ2v) is 9.55. The summed E-state index contributed by atoms with van der Waals surface area (Å²) in [6.45, 7) is 4.25. The van der Waals surface area contributed by atoms with Crippen molar-refractivity contribution < 1.29 is 23.8 Å². The lowest BCUT2D eigenvalue weighted by molar-refractivity contribution is -0.166. The van der Waals surface area contributed by atoms with Gasteiger partial charge in [-0.25, -0.2) is 14.2 Å². The molecule has 5 rings (SSSR count). The second-order valence-electron chi connectivity index (χ2n) is 9.55. The number of aromatic amines is 1. The highest BCUT2D eigenvalue weighted by Gasteiger charge is 2.44. The van der Waals surface area contributed by atoms with Gasteiger partial charge in [0.25, 0.3) is 0 Å². The number of hydrogen-bond acceptors (Lipinski definition) is 5. The monoisotopic (exact) mass is 480 g/mol. The number of methoxy groups -OCH3 is 2. The highest BCUT2D eigenvalue weighted by atomic mass is 19.1. The van der Waals surface area contributed by atoms with Crippen molar-refractivity contribution in [1.82, 2.24) is 19.7 Å². The molecular formula is C26H29FN4O4. The minimum atomic E-state index is -1.15. The molecule has 0 unspecified atom stereocenters. The zero-order chi connectivity index (χ0) is 24.9. The molecule has 0 atom stereocenters. The molecule has 0 spiro atoms. The van der Waals surface area contributed by atoms with E-state index in [4.69, 9.17) is 14.5 Å². The number of nitrogens with zero attached hydrogens (tertiary/aromatic N) is 3. The number of rotatable bonds is 6. The van der Waals surface area contributed by atoms with Crippen LogP contribution in [0.25, 0.3) is 27.8 Å². The van der Waals surface area contributed by atoms with Crippen LogP contribution in [0.5, 0.6) is 5.75 Å². The average molecular weight is 481 g/mol. The summed E-state index contributed by atoms with van der Waals surface area (Å²) in [7, 11) is 2.92. The van der Waals surface area contributed by atoms with Gasteiger partial charge in [-0.3, -0.25) is 5.10 Å². The molecule has 1 aliphatic carbocycles. The van der Waals surface area contributed by atoms with Gasteiger partial charge in [0, 0.05) is 35.5 Å². The second kappa shape index (κ2) is 8.64. The van der Waals surface area contributed by atoms with Gasteiger partial charge >= 0.3 is 5.97 Å². The Morgan fingerprint density at radius 3 is 2.63 bits per heavy atom. The molecule has 4 aromatic rings. The number of halogens is 1. The first kappa shape index (κ1) is 23.3. The molecular weight excluding hydrogens is 451 g/mol. The van der Waals surface area contributed by atoms with E-state index in [9.17, 15) is 14.3 Å². The zero-order valence-corrected chi connectivity index (χ0v) is 20.3. The van der Waals surface area contributed by atoms with E-state index >= 15 is 0 Å². The minimum Gasteiger partial charge on any atom is -0.494 e. The standard InChI is InChI=1S/C26H29FN4O4/c1-14(2)23-21(15-7-9-26(35-4,10-8-15)25(32)33)22-19(11-16-13-28-30-24(16)29-22)31(23)17-5-6-18(27)20(12-17)34-3/h5-6,11-15H,7-10H2,1-4H3,(H,32,33)(H,28,29,30). The predicted octanol–water partition coefficient (Wildman–Crippen LogP) is 5.30. The van der Waals surface area contributed by atoms with E-state index in [2.05, 4.69) is 28.6 Å². The van der Waals surface area contributed by atoms with Crippen LogP contribution in [-0.2, 0) is 9.53 Å². The first-order valence-electron chi connectivity index (χ1n) is 11.8. The molecule has 0 amide bonds. The highest BCUT2D eigenvalue weighted by Crippen LogP contribution is 2.46. The van der Waals surface area contributed by atoms with E-state index in [0.717, 1.165) is 33.4 Å². The van der Waals surface area contributed by atoms with Gasteiger partial charge in [-0.15, -0.1) is 0 Å². The van der Waals surface area contributed by atoms with Crippen LogP contribution < -0.4 is 4.74 Å². The number of ether oxygens (including phenoxy) is 2. The minimum absolute atomic E-state index is 0.106. The molecule has 0 aliphatic heterocycles. The van der Waals surface area contributed by atoms with E-state index in [1.54, 1.807) is 18.3 Å². The van der Waals surface area contributed by atoms with E-state index in [0.29, 0.717) is 31.3 Å². The molecule has 3 aromatic heterocycles. The number of carboxylic acid groups (broad SMARTS) is 1. The van der Waals surface area contributed by atoms with Crippen LogP contribution in [0.2, 0.25) is 0 Å². The quantitative estimate of drug-likeness (QED) is 0.388. The van der Waals surface area contributed by atoms with Crippen LogP contribution in [0.1, 0.15) is 62.6 Å². The molecule has 3 heterocycles. The molecule has 0 radical (unpaired) electrons. The summed E-state index contributed by atoms with van der Waals surface area (Å²) in [6.07, 6.45) is 3.90. The summed E-state index contributed by atoms with van der Waals surface area (Å²) in [5.41, 5.74) is 4.24. The molecule has 1 aromatic carbocycles. The predicted molar refractivity (Wildman–Crippen MR) is 130 cm³/mol. The van der Waals surface area contributed by atoms with Crippen molar-refractivity contribution in [2.24, 2.45) is 0 Å². The summed E-state index contributed by atoms with van der Waals surface area (Å²) >= 11 is 0. The fourth-order valence-electron chi connectivity index (χ4n) is 5.52. The third-order valence-corrected chi connectivity index (χ3v) is 7.34. The van der Waals surface area contributed by atoms with Crippen LogP contribution in [0, 0.1) is 5.82 Å². The van der Waals surface area contributed by atoms with Gasteiger partial charge in [0.1, 0.15) is 0 Å². The Morgan fingerprint density at radius 1 is 1.26 bits per heavy atom. The Hall–Kier alpha value is -3.46. The number of H-pyrrole nitrogens is 1. The smallest absolute Gasteiger partial charge is 0.335 e. The van der Waals surface area contributed by atoms with Crippen molar-refractivity contribution in [3.8, 4) is 11.4 Å². The number of carbonyl (C=O) groups is 1. The van der Waals surface area contributed by atoms with Crippen molar-refractivity contribution in [2.45, 2.75) is 57.0 Å². The summed E-state index contributed by atoms with van der Waals surface area (Å²) in [5.74, 6) is -0.942. The summed E-state index contributed by atoms with van der Waals surface area (Å²) < 4.78 is 27.1. The normalized spacial score (nSPS) is 20.7. The first-order chi connectivity index (χ1) is 16.8. The van der Waals surface area contributed by atoms with Crippen molar-refractivity contribution in [2.75, 3.05) is 14.2 Å². The Balaban J connectivity index is 1.75. The van der Waals surface area contributed by atoms with Crippen LogP contribution in [0.15, 0.2) is 30.5 Å². The lowest BCUT2D eigenvalue weighted by Crippen LogP contribution is -2.43. The van der Waals surface area contributed by atoms with Crippen LogP contribution >= 0.6 is 0 Å². The summed E-state index contributed by atoms with van der Waals surface area (Å²) in [6, 6.07) is 6.90. The molecule has 1 aliphatic rings. The maximum absolute atomic E-state index is 14.3. The van der Waals surface area contributed by atoms with Crippen LogP contribution in [0.3, 0.4) is 0 Å². The molecule has 9 heteroatoms. The zero-order valence-electron chi connectivity index (χ0n) is 20.3. The lowest BCUT2D eigenvalue weighted by Gasteiger charge is -2.36. The van der Waals surface area contributed by atoms with Gasteiger partial charge in [-0.1, -0.05) is 13.8 Å². The Bertz CT molecular complexity index is 1420. The van der Waals surface area contributed by atoms with Crippen molar-refractivity contribution in [1.29, 1.82) is 0 Å². The Labute approximate surface area is 202 Å². The fourth-order valence-corrected chi connectivity index (χ4v) is 5.52. The Kier molecular flexibility index (Phi) is 5.75. The number of pyridine rings is 1. The SMILES string of the molecule is COc1cc(-n2c(C(C)C)c(C3CCC(OC)(C(=O)O)CC3)c3nc4[nH]ncc4cc32)ccc1F. The fraction of sp³-hybridized carbons (Fsp3) is 0.423. The van der Waals surface area contributed by atoms with E-state index < -0.39 is 17.4 Å². The molecule has 0 bridgehead atoms.